The van der Waals surface area contributed by atoms with Crippen LogP contribution < -0.4 is 5.32 Å². The summed E-state index contributed by atoms with van der Waals surface area (Å²) in [6, 6.07) is 20.8. The minimum atomic E-state index is -4.62. The molecule has 0 aliphatic heterocycles. The summed E-state index contributed by atoms with van der Waals surface area (Å²) in [5.41, 5.74) is 0.175. The molecular formula is C24H20F3NO3. The minimum Gasteiger partial charge on any atom is -0.480 e. The molecule has 0 aromatic heterocycles. The molecule has 2 N–H and O–H groups in total. The van der Waals surface area contributed by atoms with E-state index in [4.69, 9.17) is 0 Å². The van der Waals surface area contributed by atoms with Gasteiger partial charge in [-0.25, -0.2) is 4.79 Å². The van der Waals surface area contributed by atoms with Gasteiger partial charge in [-0.3, -0.25) is 4.79 Å². The van der Waals surface area contributed by atoms with Crippen molar-refractivity contribution in [2.45, 2.75) is 24.6 Å². The molecule has 0 fully saturated rings. The molecule has 3 aromatic carbocycles. The highest BCUT2D eigenvalue weighted by Gasteiger charge is 2.35. The van der Waals surface area contributed by atoms with Gasteiger partial charge in [-0.05, 0) is 22.8 Å². The third-order valence-corrected chi connectivity index (χ3v) is 4.89. The molecule has 0 saturated carbocycles. The van der Waals surface area contributed by atoms with Gasteiger partial charge >= 0.3 is 12.1 Å². The van der Waals surface area contributed by atoms with Crippen LogP contribution in [0.5, 0.6) is 0 Å². The van der Waals surface area contributed by atoms with Gasteiger partial charge < -0.3 is 10.4 Å². The van der Waals surface area contributed by atoms with E-state index < -0.39 is 42.0 Å². The number of aliphatic carboxylic acids is 1. The molecule has 7 heteroatoms. The van der Waals surface area contributed by atoms with E-state index in [9.17, 15) is 27.9 Å². The number of hydrogen-bond donors (Lipinski definition) is 2. The minimum absolute atomic E-state index is 0.196. The van der Waals surface area contributed by atoms with Crippen LogP contribution in [-0.4, -0.2) is 23.0 Å². The molecule has 3 rings (SSSR count). The van der Waals surface area contributed by atoms with Crippen molar-refractivity contribution in [3.05, 3.63) is 107 Å². The highest BCUT2D eigenvalue weighted by molar-refractivity contribution is 5.90. The van der Waals surface area contributed by atoms with Crippen molar-refractivity contribution in [3.63, 3.8) is 0 Å². The van der Waals surface area contributed by atoms with Crippen molar-refractivity contribution >= 4 is 11.9 Å². The number of benzene rings is 3. The Labute approximate surface area is 177 Å². The third-order valence-electron chi connectivity index (χ3n) is 4.89. The Morgan fingerprint density at radius 2 is 1.29 bits per heavy atom. The number of amides is 1. The largest absolute Gasteiger partial charge is 0.480 e. The van der Waals surface area contributed by atoms with Crippen molar-refractivity contribution in [2.24, 2.45) is 0 Å². The van der Waals surface area contributed by atoms with Gasteiger partial charge in [0.25, 0.3) is 0 Å². The number of carboxylic acid groups (broad SMARTS) is 1. The van der Waals surface area contributed by atoms with Crippen LogP contribution in [0.2, 0.25) is 0 Å². The van der Waals surface area contributed by atoms with Gasteiger partial charge in [0.15, 0.2) is 0 Å². The lowest BCUT2D eigenvalue weighted by molar-refractivity contribution is -0.143. The maximum absolute atomic E-state index is 13.3. The summed E-state index contributed by atoms with van der Waals surface area (Å²) in [6.45, 7) is 0. The molecule has 0 aliphatic rings. The number of carbonyl (C=O) groups excluding carboxylic acids is 1. The van der Waals surface area contributed by atoms with E-state index in [2.05, 4.69) is 5.32 Å². The maximum Gasteiger partial charge on any atom is 0.416 e. The number of alkyl halides is 3. The lowest BCUT2D eigenvalue weighted by Crippen LogP contribution is -2.44. The second-order valence-electron chi connectivity index (χ2n) is 7.01. The molecule has 3 aromatic rings. The molecule has 4 nitrogen and oxygen atoms in total. The molecule has 160 valence electrons. The first-order chi connectivity index (χ1) is 14.8. The Morgan fingerprint density at radius 1 is 0.806 bits per heavy atom. The molecule has 31 heavy (non-hydrogen) atoms. The monoisotopic (exact) mass is 427 g/mol. The van der Waals surface area contributed by atoms with Crippen LogP contribution in [0.1, 0.15) is 28.2 Å². The molecule has 0 aliphatic carbocycles. The van der Waals surface area contributed by atoms with Gasteiger partial charge in [-0.15, -0.1) is 0 Å². The smallest absolute Gasteiger partial charge is 0.416 e. The zero-order valence-corrected chi connectivity index (χ0v) is 16.3. The van der Waals surface area contributed by atoms with E-state index in [-0.39, 0.29) is 5.56 Å². The average molecular weight is 427 g/mol. The van der Waals surface area contributed by atoms with Crippen LogP contribution in [0, 0.1) is 0 Å². The van der Waals surface area contributed by atoms with Crippen LogP contribution in [0.25, 0.3) is 0 Å². The number of halogens is 3. The Kier molecular flexibility index (Phi) is 6.74. The first-order valence-corrected chi connectivity index (χ1v) is 9.55. The van der Waals surface area contributed by atoms with E-state index in [1.54, 1.807) is 60.7 Å². The standard InChI is InChI=1S/C24H20F3NO3/c25-24(26,27)19-14-8-7-13-18(19)15-20(23(30)31)28-22(29)21(16-9-3-1-4-10-16)17-11-5-2-6-12-17/h1-14,20-21H,15H2,(H,28,29)(H,30,31)/t20-/m1/s1. The van der Waals surface area contributed by atoms with Gasteiger partial charge in [0.05, 0.1) is 11.5 Å². The van der Waals surface area contributed by atoms with Crippen LogP contribution in [-0.2, 0) is 22.2 Å². The predicted octanol–water partition coefficient (Wildman–Crippen LogP) is 4.65. The van der Waals surface area contributed by atoms with E-state index in [0.29, 0.717) is 11.1 Å². The summed E-state index contributed by atoms with van der Waals surface area (Å²) < 4.78 is 39.9. The number of rotatable bonds is 7. The summed E-state index contributed by atoms with van der Waals surface area (Å²) >= 11 is 0. The summed E-state index contributed by atoms with van der Waals surface area (Å²) in [5.74, 6) is -2.82. The molecule has 0 heterocycles. The molecule has 1 amide bonds. The molecule has 0 bridgehead atoms. The molecule has 0 saturated heterocycles. The van der Waals surface area contributed by atoms with Crippen molar-refractivity contribution in [3.8, 4) is 0 Å². The van der Waals surface area contributed by atoms with Crippen LogP contribution >= 0.6 is 0 Å². The number of hydrogen-bond acceptors (Lipinski definition) is 2. The average Bonchev–Trinajstić information content (AvgIpc) is 2.74. The first-order valence-electron chi connectivity index (χ1n) is 9.55. The Hall–Kier alpha value is -3.61. The van der Waals surface area contributed by atoms with Gasteiger partial charge in [-0.1, -0.05) is 78.9 Å². The summed E-state index contributed by atoms with van der Waals surface area (Å²) in [6.07, 6.45) is -5.12. The van der Waals surface area contributed by atoms with Crippen molar-refractivity contribution in [1.29, 1.82) is 0 Å². The second kappa shape index (κ2) is 9.47. The fourth-order valence-electron chi connectivity index (χ4n) is 3.44. The highest BCUT2D eigenvalue weighted by atomic mass is 19.4. The zero-order chi connectivity index (χ0) is 22.4. The summed E-state index contributed by atoms with van der Waals surface area (Å²) in [7, 11) is 0. The van der Waals surface area contributed by atoms with Crippen LogP contribution in [0.3, 0.4) is 0 Å². The van der Waals surface area contributed by atoms with Gasteiger partial charge in [0, 0.05) is 6.42 Å². The third kappa shape index (κ3) is 5.51. The maximum atomic E-state index is 13.3. The van der Waals surface area contributed by atoms with Crippen LogP contribution in [0.4, 0.5) is 13.2 Å². The van der Waals surface area contributed by atoms with Crippen LogP contribution in [0.15, 0.2) is 84.9 Å². The number of carboxylic acids is 1. The number of nitrogens with one attached hydrogen (secondary N) is 1. The van der Waals surface area contributed by atoms with Crippen molar-refractivity contribution in [1.82, 2.24) is 5.32 Å². The van der Waals surface area contributed by atoms with Crippen molar-refractivity contribution in [2.75, 3.05) is 0 Å². The summed E-state index contributed by atoms with van der Waals surface area (Å²) in [5, 5.41) is 12.0. The number of carbonyl (C=O) groups is 2. The van der Waals surface area contributed by atoms with Gasteiger partial charge in [0.2, 0.25) is 5.91 Å². The molecule has 0 radical (unpaired) electrons. The lowest BCUT2D eigenvalue weighted by atomic mass is 9.90. The molecule has 1 atom stereocenters. The molecule has 0 spiro atoms. The van der Waals surface area contributed by atoms with E-state index in [1.165, 1.54) is 18.2 Å². The molecule has 0 unspecified atom stereocenters. The fourth-order valence-corrected chi connectivity index (χ4v) is 3.44. The topological polar surface area (TPSA) is 66.4 Å². The highest BCUT2D eigenvalue weighted by Crippen LogP contribution is 2.32. The lowest BCUT2D eigenvalue weighted by Gasteiger charge is -2.22. The fraction of sp³-hybridized carbons (Fsp3) is 0.167. The normalized spacial score (nSPS) is 12.4. The van der Waals surface area contributed by atoms with Gasteiger partial charge in [-0.2, -0.15) is 13.2 Å². The zero-order valence-electron chi connectivity index (χ0n) is 16.3. The van der Waals surface area contributed by atoms with Crippen molar-refractivity contribution < 1.29 is 27.9 Å². The SMILES string of the molecule is O=C(N[C@H](Cc1ccccc1C(F)(F)F)C(=O)O)C(c1ccccc1)c1ccccc1. The van der Waals surface area contributed by atoms with Gasteiger partial charge in [0.1, 0.15) is 6.04 Å². The van der Waals surface area contributed by atoms with E-state index >= 15 is 0 Å². The predicted molar refractivity (Wildman–Crippen MR) is 109 cm³/mol. The Bertz CT molecular complexity index is 997. The molecular weight excluding hydrogens is 407 g/mol. The summed E-state index contributed by atoms with van der Waals surface area (Å²) in [4.78, 5) is 24.9. The Balaban J connectivity index is 1.90. The van der Waals surface area contributed by atoms with E-state index in [0.717, 1.165) is 6.07 Å². The quantitative estimate of drug-likeness (QED) is 0.577. The second-order valence-corrected chi connectivity index (χ2v) is 7.01. The first kappa shape index (κ1) is 22.1. The Morgan fingerprint density at radius 3 is 1.77 bits per heavy atom. The van der Waals surface area contributed by atoms with E-state index in [1.807, 2.05) is 0 Å².